The molecule has 2 rings (SSSR count). The van der Waals surface area contributed by atoms with Crippen molar-refractivity contribution in [2.24, 2.45) is 0 Å². The molecule has 0 unspecified atom stereocenters. The Hall–Kier alpha value is -1.66. The normalized spacial score (nSPS) is 17.6. The van der Waals surface area contributed by atoms with Gasteiger partial charge in [0.2, 0.25) is 0 Å². The van der Waals surface area contributed by atoms with Crippen LogP contribution in [0.25, 0.3) is 0 Å². The lowest BCUT2D eigenvalue weighted by Gasteiger charge is -2.13. The monoisotopic (exact) mass is 294 g/mol. The molecule has 1 aromatic carbocycles. The van der Waals surface area contributed by atoms with Crippen LogP contribution in [0.15, 0.2) is 24.3 Å². The number of benzene rings is 1. The van der Waals surface area contributed by atoms with Gasteiger partial charge in [-0.3, -0.25) is 10.1 Å². The second-order valence-electron chi connectivity index (χ2n) is 4.53. The van der Waals surface area contributed by atoms with Crippen LogP contribution in [0.5, 0.6) is 5.75 Å². The minimum Gasteiger partial charge on any atom is -0.497 e. The quantitative estimate of drug-likeness (QED) is 0.824. The number of hydrogen-bond acceptors (Lipinski definition) is 4. The van der Waals surface area contributed by atoms with E-state index < -0.39 is 0 Å². The van der Waals surface area contributed by atoms with Gasteiger partial charge in [-0.15, -0.1) is 0 Å². The predicted molar refractivity (Wildman–Crippen MR) is 80.0 cm³/mol. The molecule has 1 fully saturated rings. The van der Waals surface area contributed by atoms with E-state index >= 15 is 0 Å². The summed E-state index contributed by atoms with van der Waals surface area (Å²) in [6, 6.07) is 6.85. The zero-order valence-corrected chi connectivity index (χ0v) is 12.2. The van der Waals surface area contributed by atoms with E-state index in [0.29, 0.717) is 23.0 Å². The molecule has 1 amide bonds. The molecule has 0 spiro atoms. The van der Waals surface area contributed by atoms with Crippen molar-refractivity contribution >= 4 is 23.2 Å². The van der Waals surface area contributed by atoms with Gasteiger partial charge in [0.15, 0.2) is 5.11 Å². The maximum atomic E-state index is 11.9. The van der Waals surface area contributed by atoms with E-state index in [2.05, 4.69) is 10.6 Å². The van der Waals surface area contributed by atoms with E-state index in [1.807, 2.05) is 0 Å². The highest BCUT2D eigenvalue weighted by molar-refractivity contribution is 7.80. The van der Waals surface area contributed by atoms with Crippen LogP contribution in [0.3, 0.4) is 0 Å². The number of thiocarbonyl (C=S) groups is 1. The molecular formula is C14H18N2O3S. The van der Waals surface area contributed by atoms with Gasteiger partial charge in [0.1, 0.15) is 5.75 Å². The molecule has 0 aromatic heterocycles. The van der Waals surface area contributed by atoms with Crippen LogP contribution in [0.2, 0.25) is 0 Å². The standard InChI is InChI=1S/C14H18N2O3S/c1-18-11-6-4-10(5-7-11)13(17)16-14(20)15-9-12-3-2-8-19-12/h4-7,12H,2-3,8-9H2,1H3,(H2,15,16,17,20)/t12-/m0/s1. The summed E-state index contributed by atoms with van der Waals surface area (Å²) in [5, 5.41) is 5.96. The van der Waals surface area contributed by atoms with Crippen molar-refractivity contribution in [1.82, 2.24) is 10.6 Å². The van der Waals surface area contributed by atoms with Gasteiger partial charge in [-0.1, -0.05) is 0 Å². The van der Waals surface area contributed by atoms with Gasteiger partial charge in [-0.2, -0.15) is 0 Å². The Kier molecular flexibility index (Phi) is 5.31. The molecule has 1 aliphatic rings. The molecule has 0 saturated carbocycles. The number of carbonyl (C=O) groups excluding carboxylic acids is 1. The predicted octanol–water partition coefficient (Wildman–Crippen LogP) is 1.48. The second-order valence-corrected chi connectivity index (χ2v) is 4.94. The van der Waals surface area contributed by atoms with E-state index in [9.17, 15) is 4.79 Å². The average molecular weight is 294 g/mol. The molecule has 1 atom stereocenters. The highest BCUT2D eigenvalue weighted by Gasteiger charge is 2.16. The van der Waals surface area contributed by atoms with Crippen LogP contribution in [-0.2, 0) is 4.74 Å². The van der Waals surface area contributed by atoms with E-state index in [0.717, 1.165) is 19.4 Å². The Balaban J connectivity index is 1.78. The van der Waals surface area contributed by atoms with Crippen LogP contribution < -0.4 is 15.4 Å². The summed E-state index contributed by atoms with van der Waals surface area (Å²) in [6.07, 6.45) is 2.30. The van der Waals surface area contributed by atoms with Gasteiger partial charge in [-0.25, -0.2) is 0 Å². The van der Waals surface area contributed by atoms with Gasteiger partial charge in [0.25, 0.3) is 5.91 Å². The third kappa shape index (κ3) is 4.18. The van der Waals surface area contributed by atoms with Gasteiger partial charge in [0, 0.05) is 18.7 Å². The molecule has 0 radical (unpaired) electrons. The molecule has 2 N–H and O–H groups in total. The number of amides is 1. The molecule has 6 heteroatoms. The Morgan fingerprint density at radius 1 is 1.45 bits per heavy atom. The van der Waals surface area contributed by atoms with Crippen molar-refractivity contribution in [2.75, 3.05) is 20.3 Å². The highest BCUT2D eigenvalue weighted by Crippen LogP contribution is 2.11. The summed E-state index contributed by atoms with van der Waals surface area (Å²) >= 11 is 5.09. The molecule has 5 nitrogen and oxygen atoms in total. The molecule has 20 heavy (non-hydrogen) atoms. The maximum Gasteiger partial charge on any atom is 0.257 e. The third-order valence-corrected chi connectivity index (χ3v) is 3.34. The van der Waals surface area contributed by atoms with Crippen molar-refractivity contribution in [3.8, 4) is 5.75 Å². The van der Waals surface area contributed by atoms with Gasteiger partial charge < -0.3 is 14.8 Å². The Labute approximate surface area is 123 Å². The van der Waals surface area contributed by atoms with E-state index in [-0.39, 0.29) is 12.0 Å². The van der Waals surface area contributed by atoms with Crippen LogP contribution >= 0.6 is 12.2 Å². The van der Waals surface area contributed by atoms with Crippen molar-refractivity contribution in [3.63, 3.8) is 0 Å². The lowest BCUT2D eigenvalue weighted by molar-refractivity contribution is 0.0973. The van der Waals surface area contributed by atoms with E-state index in [4.69, 9.17) is 21.7 Å². The molecule has 0 aliphatic carbocycles. The number of hydrogen-bond donors (Lipinski definition) is 2. The van der Waals surface area contributed by atoms with Gasteiger partial charge in [-0.05, 0) is 49.3 Å². The molecule has 0 bridgehead atoms. The molecular weight excluding hydrogens is 276 g/mol. The molecule has 1 aromatic rings. The third-order valence-electron chi connectivity index (χ3n) is 3.09. The molecule has 1 saturated heterocycles. The summed E-state index contributed by atoms with van der Waals surface area (Å²) in [4.78, 5) is 11.9. The zero-order valence-electron chi connectivity index (χ0n) is 11.3. The number of methoxy groups -OCH3 is 1. The molecule has 1 heterocycles. The van der Waals surface area contributed by atoms with E-state index in [1.54, 1.807) is 31.4 Å². The lowest BCUT2D eigenvalue weighted by atomic mass is 10.2. The van der Waals surface area contributed by atoms with E-state index in [1.165, 1.54) is 0 Å². The van der Waals surface area contributed by atoms with Crippen molar-refractivity contribution in [1.29, 1.82) is 0 Å². The summed E-state index contributed by atoms with van der Waals surface area (Å²) in [7, 11) is 1.58. The topological polar surface area (TPSA) is 59.6 Å². The molecule has 108 valence electrons. The van der Waals surface area contributed by atoms with Gasteiger partial charge >= 0.3 is 0 Å². The first-order chi connectivity index (χ1) is 9.69. The van der Waals surface area contributed by atoms with Crippen LogP contribution in [-0.4, -0.2) is 37.4 Å². The Morgan fingerprint density at radius 3 is 2.80 bits per heavy atom. The highest BCUT2D eigenvalue weighted by atomic mass is 32.1. The number of nitrogens with one attached hydrogen (secondary N) is 2. The Morgan fingerprint density at radius 2 is 2.20 bits per heavy atom. The van der Waals surface area contributed by atoms with Crippen molar-refractivity contribution in [3.05, 3.63) is 29.8 Å². The SMILES string of the molecule is COc1ccc(C(=O)NC(=S)NC[C@@H]2CCCO2)cc1. The summed E-state index contributed by atoms with van der Waals surface area (Å²) in [6.45, 7) is 1.43. The zero-order chi connectivity index (χ0) is 14.4. The second kappa shape index (κ2) is 7.21. The first kappa shape index (κ1) is 14.7. The van der Waals surface area contributed by atoms with Crippen LogP contribution in [0.1, 0.15) is 23.2 Å². The number of rotatable bonds is 4. The summed E-state index contributed by atoms with van der Waals surface area (Å²) in [5.74, 6) is 0.470. The minimum atomic E-state index is -0.238. The first-order valence-corrected chi connectivity index (χ1v) is 6.94. The fourth-order valence-electron chi connectivity index (χ4n) is 1.97. The fraction of sp³-hybridized carbons (Fsp3) is 0.429. The average Bonchev–Trinajstić information content (AvgIpc) is 2.98. The lowest BCUT2D eigenvalue weighted by Crippen LogP contribution is -2.42. The molecule has 1 aliphatic heterocycles. The smallest absolute Gasteiger partial charge is 0.257 e. The van der Waals surface area contributed by atoms with Gasteiger partial charge in [0.05, 0.1) is 13.2 Å². The van der Waals surface area contributed by atoms with Crippen molar-refractivity contribution in [2.45, 2.75) is 18.9 Å². The van der Waals surface area contributed by atoms with Crippen LogP contribution in [0.4, 0.5) is 0 Å². The fourth-order valence-corrected chi connectivity index (χ4v) is 2.15. The van der Waals surface area contributed by atoms with Crippen molar-refractivity contribution < 1.29 is 14.3 Å². The number of carbonyl (C=O) groups is 1. The largest absolute Gasteiger partial charge is 0.497 e. The summed E-state index contributed by atoms with van der Waals surface area (Å²) in [5.41, 5.74) is 0.534. The minimum absolute atomic E-state index is 0.186. The summed E-state index contributed by atoms with van der Waals surface area (Å²) < 4.78 is 10.5. The first-order valence-electron chi connectivity index (χ1n) is 6.54. The number of ether oxygens (including phenoxy) is 2. The van der Waals surface area contributed by atoms with Crippen LogP contribution in [0, 0.1) is 0 Å². The maximum absolute atomic E-state index is 11.9. The Bertz CT molecular complexity index is 470.